The van der Waals surface area contributed by atoms with E-state index in [1.54, 1.807) is 13.3 Å². The summed E-state index contributed by atoms with van der Waals surface area (Å²) in [5.41, 5.74) is 1.07. The number of Topliss-reactive ketones (excluding diaryl/α,β-unsaturated/α-hetero) is 1. The third-order valence-corrected chi connectivity index (χ3v) is 2.42. The van der Waals surface area contributed by atoms with E-state index >= 15 is 0 Å². The number of nitrogens with zero attached hydrogens (tertiary/aromatic N) is 2. The van der Waals surface area contributed by atoms with E-state index < -0.39 is 0 Å². The van der Waals surface area contributed by atoms with Crippen LogP contribution in [0.15, 0.2) is 12.5 Å². The van der Waals surface area contributed by atoms with Gasteiger partial charge in [-0.05, 0) is 13.3 Å². The van der Waals surface area contributed by atoms with Crippen LogP contribution in [-0.4, -0.2) is 15.3 Å². The number of aromatic nitrogens is 2. The lowest BCUT2D eigenvalue weighted by atomic mass is 10.2. The van der Waals surface area contributed by atoms with Gasteiger partial charge in [-0.3, -0.25) is 4.79 Å². The molecule has 0 saturated heterocycles. The van der Waals surface area contributed by atoms with Crippen LogP contribution in [0.1, 0.15) is 38.8 Å². The highest BCUT2D eigenvalue weighted by Gasteiger charge is 2.43. The molecule has 1 aliphatic carbocycles. The molecule has 1 aliphatic rings. The Morgan fingerprint density at radius 2 is 2.21 bits per heavy atom. The maximum absolute atomic E-state index is 11.0. The Kier molecular flexibility index (Phi) is 3.44. The summed E-state index contributed by atoms with van der Waals surface area (Å²) in [6.45, 7) is 5.66. The molecule has 0 radical (unpaired) electrons. The SMILES string of the molecule is CC.CC(=O)C1C[C@H]1c1cn(C)cn1. The molecule has 1 unspecified atom stereocenters. The number of hydrogen-bond donors (Lipinski definition) is 0. The minimum absolute atomic E-state index is 0.250. The van der Waals surface area contributed by atoms with Gasteiger partial charge < -0.3 is 4.57 Å². The van der Waals surface area contributed by atoms with Crippen molar-refractivity contribution in [2.24, 2.45) is 13.0 Å². The predicted molar refractivity (Wildman–Crippen MR) is 56.1 cm³/mol. The summed E-state index contributed by atoms with van der Waals surface area (Å²) in [5, 5.41) is 0. The fraction of sp³-hybridized carbons (Fsp3) is 0.636. The maximum atomic E-state index is 11.0. The molecule has 1 aromatic heterocycles. The van der Waals surface area contributed by atoms with Crippen molar-refractivity contribution in [3.05, 3.63) is 18.2 Å². The largest absolute Gasteiger partial charge is 0.340 e. The monoisotopic (exact) mass is 194 g/mol. The normalized spacial score (nSPS) is 23.7. The summed E-state index contributed by atoms with van der Waals surface area (Å²) in [7, 11) is 1.95. The smallest absolute Gasteiger partial charge is 0.133 e. The number of carbonyl (C=O) groups excluding carboxylic acids is 1. The molecular formula is C11H18N2O. The number of carbonyl (C=O) groups is 1. The molecule has 1 heterocycles. The zero-order valence-corrected chi connectivity index (χ0v) is 9.32. The van der Waals surface area contributed by atoms with Gasteiger partial charge in [0.15, 0.2) is 0 Å². The van der Waals surface area contributed by atoms with E-state index in [0.717, 1.165) is 12.1 Å². The second kappa shape index (κ2) is 4.40. The Balaban J connectivity index is 0.000000461. The number of hydrogen-bond acceptors (Lipinski definition) is 2. The lowest BCUT2D eigenvalue weighted by Crippen LogP contribution is -1.94. The first-order valence-electron chi connectivity index (χ1n) is 5.17. The summed E-state index contributed by atoms with van der Waals surface area (Å²) in [5.74, 6) is 0.953. The molecule has 0 spiro atoms. The summed E-state index contributed by atoms with van der Waals surface area (Å²) in [6.07, 6.45) is 4.77. The minimum atomic E-state index is 0.250. The highest BCUT2D eigenvalue weighted by atomic mass is 16.1. The molecule has 0 N–H and O–H groups in total. The Morgan fingerprint density at radius 1 is 1.57 bits per heavy atom. The van der Waals surface area contributed by atoms with Crippen molar-refractivity contribution in [1.82, 2.24) is 9.55 Å². The van der Waals surface area contributed by atoms with Crippen LogP contribution >= 0.6 is 0 Å². The van der Waals surface area contributed by atoms with E-state index in [4.69, 9.17) is 0 Å². The van der Waals surface area contributed by atoms with Gasteiger partial charge >= 0.3 is 0 Å². The van der Waals surface area contributed by atoms with E-state index in [-0.39, 0.29) is 5.92 Å². The molecular weight excluding hydrogens is 176 g/mol. The van der Waals surface area contributed by atoms with Crippen LogP contribution in [-0.2, 0) is 11.8 Å². The van der Waals surface area contributed by atoms with Crippen molar-refractivity contribution in [3.8, 4) is 0 Å². The van der Waals surface area contributed by atoms with Gasteiger partial charge in [0.2, 0.25) is 0 Å². The van der Waals surface area contributed by atoms with Crippen LogP contribution < -0.4 is 0 Å². The summed E-state index contributed by atoms with van der Waals surface area (Å²) < 4.78 is 1.92. The lowest BCUT2D eigenvalue weighted by Gasteiger charge is -1.89. The Bertz CT molecular complexity index is 317. The molecule has 2 atom stereocenters. The fourth-order valence-electron chi connectivity index (χ4n) is 1.60. The molecule has 0 amide bonds. The van der Waals surface area contributed by atoms with Crippen LogP contribution in [0.25, 0.3) is 0 Å². The zero-order chi connectivity index (χ0) is 10.7. The van der Waals surface area contributed by atoms with Crippen molar-refractivity contribution in [3.63, 3.8) is 0 Å². The lowest BCUT2D eigenvalue weighted by molar-refractivity contribution is -0.118. The highest BCUT2D eigenvalue weighted by molar-refractivity contribution is 5.82. The van der Waals surface area contributed by atoms with E-state index in [1.807, 2.05) is 31.7 Å². The zero-order valence-electron chi connectivity index (χ0n) is 9.32. The number of rotatable bonds is 2. The Hall–Kier alpha value is -1.12. The van der Waals surface area contributed by atoms with Gasteiger partial charge in [0.05, 0.1) is 12.0 Å². The number of ketones is 1. The van der Waals surface area contributed by atoms with Crippen molar-refractivity contribution in [2.45, 2.75) is 33.1 Å². The summed E-state index contributed by atoms with van der Waals surface area (Å²) in [4.78, 5) is 15.2. The van der Waals surface area contributed by atoms with Gasteiger partial charge in [-0.25, -0.2) is 4.98 Å². The molecule has 1 aromatic rings. The number of imidazole rings is 1. The number of aryl methyl sites for hydroxylation is 1. The van der Waals surface area contributed by atoms with Crippen molar-refractivity contribution in [2.75, 3.05) is 0 Å². The van der Waals surface area contributed by atoms with Crippen molar-refractivity contribution < 1.29 is 4.79 Å². The first-order valence-corrected chi connectivity index (χ1v) is 5.17. The van der Waals surface area contributed by atoms with Gasteiger partial charge in [0.1, 0.15) is 5.78 Å². The third-order valence-electron chi connectivity index (χ3n) is 2.42. The first-order chi connectivity index (χ1) is 6.68. The summed E-state index contributed by atoms with van der Waals surface area (Å²) in [6, 6.07) is 0. The second-order valence-electron chi connectivity index (χ2n) is 3.52. The van der Waals surface area contributed by atoms with Crippen LogP contribution in [0.3, 0.4) is 0 Å². The van der Waals surface area contributed by atoms with E-state index in [9.17, 15) is 4.79 Å². The average molecular weight is 194 g/mol. The molecule has 2 rings (SSSR count). The molecule has 1 fully saturated rings. The standard InChI is InChI=1S/C9H12N2O.C2H6/c1-6(12)7-3-8(7)9-4-11(2)5-10-9;1-2/h4-5,7-8H,3H2,1-2H3;1-2H3/t7?,8-;/m1./s1. The van der Waals surface area contributed by atoms with E-state index in [1.165, 1.54) is 0 Å². The molecule has 0 aliphatic heterocycles. The Labute approximate surface area is 85.2 Å². The van der Waals surface area contributed by atoms with E-state index in [2.05, 4.69) is 4.98 Å². The van der Waals surface area contributed by atoms with Crippen LogP contribution in [0.2, 0.25) is 0 Å². The molecule has 3 nitrogen and oxygen atoms in total. The third kappa shape index (κ3) is 2.22. The predicted octanol–water partition coefficient (Wildman–Crippen LogP) is 2.14. The topological polar surface area (TPSA) is 34.9 Å². The van der Waals surface area contributed by atoms with Crippen molar-refractivity contribution in [1.29, 1.82) is 0 Å². The second-order valence-corrected chi connectivity index (χ2v) is 3.52. The molecule has 14 heavy (non-hydrogen) atoms. The van der Waals surface area contributed by atoms with E-state index in [0.29, 0.717) is 11.7 Å². The molecule has 3 heteroatoms. The average Bonchev–Trinajstić information content (AvgIpc) is 2.87. The molecule has 0 aromatic carbocycles. The van der Waals surface area contributed by atoms with Gasteiger partial charge in [-0.2, -0.15) is 0 Å². The van der Waals surface area contributed by atoms with Crippen LogP contribution in [0.4, 0.5) is 0 Å². The van der Waals surface area contributed by atoms with Crippen LogP contribution in [0, 0.1) is 5.92 Å². The van der Waals surface area contributed by atoms with Gasteiger partial charge in [-0.15, -0.1) is 0 Å². The van der Waals surface area contributed by atoms with Gasteiger partial charge in [0, 0.05) is 25.1 Å². The van der Waals surface area contributed by atoms with Gasteiger partial charge in [0.25, 0.3) is 0 Å². The van der Waals surface area contributed by atoms with Gasteiger partial charge in [-0.1, -0.05) is 13.8 Å². The fourth-order valence-corrected chi connectivity index (χ4v) is 1.60. The highest BCUT2D eigenvalue weighted by Crippen LogP contribution is 2.46. The summed E-state index contributed by atoms with van der Waals surface area (Å²) >= 11 is 0. The molecule has 1 saturated carbocycles. The minimum Gasteiger partial charge on any atom is -0.340 e. The van der Waals surface area contributed by atoms with Crippen LogP contribution in [0.5, 0.6) is 0 Å². The Morgan fingerprint density at radius 3 is 2.57 bits per heavy atom. The molecule has 0 bridgehead atoms. The van der Waals surface area contributed by atoms with Crippen molar-refractivity contribution >= 4 is 5.78 Å². The quantitative estimate of drug-likeness (QED) is 0.723. The maximum Gasteiger partial charge on any atom is 0.133 e. The molecule has 78 valence electrons. The first kappa shape index (κ1) is 11.0.